The maximum atomic E-state index is 12.9. The number of amides is 1. The SMILES string of the molecule is C[C@@H]1CN(c2ccc(C#N)c3ncccc23)C[C@H](C(=O)NC2CC3(CNC3)C2)O1.Cl. The van der Waals surface area contributed by atoms with E-state index in [9.17, 15) is 10.1 Å². The summed E-state index contributed by atoms with van der Waals surface area (Å²) in [6, 6.07) is 10.1. The lowest BCUT2D eigenvalue weighted by Gasteiger charge is -2.54. The van der Waals surface area contributed by atoms with Crippen LogP contribution >= 0.6 is 12.4 Å². The summed E-state index contributed by atoms with van der Waals surface area (Å²) in [6.07, 6.45) is 3.25. The molecule has 1 aromatic carbocycles. The first-order valence-electron chi connectivity index (χ1n) is 10.3. The molecule has 2 aromatic rings. The number of benzene rings is 1. The minimum atomic E-state index is -0.503. The molecule has 2 saturated heterocycles. The molecular weight excluding hydrogens is 402 g/mol. The standard InChI is InChI=1S/C22H25N5O2.ClH/c1-14-10-27(18-5-4-15(9-23)20-17(18)3-2-6-25-20)11-19(29-14)21(28)26-16-7-22(8-16)12-24-13-22;/h2-6,14,16,19,24H,7-8,10-13H2,1H3,(H,26,28);1H/t14-,19-;/m1./s1. The molecule has 2 atom stereocenters. The van der Waals surface area contributed by atoms with E-state index < -0.39 is 6.10 Å². The van der Waals surface area contributed by atoms with Crippen LogP contribution in [0.4, 0.5) is 5.69 Å². The van der Waals surface area contributed by atoms with Gasteiger partial charge in [0.1, 0.15) is 6.07 Å². The van der Waals surface area contributed by atoms with Gasteiger partial charge in [-0.05, 0) is 49.4 Å². The van der Waals surface area contributed by atoms with Crippen molar-refractivity contribution in [2.24, 2.45) is 5.41 Å². The zero-order valence-electron chi connectivity index (χ0n) is 16.9. The summed E-state index contributed by atoms with van der Waals surface area (Å²) in [5, 5.41) is 16.8. The van der Waals surface area contributed by atoms with Gasteiger partial charge in [0, 0.05) is 42.9 Å². The molecule has 0 unspecified atom stereocenters. The lowest BCUT2D eigenvalue weighted by atomic mass is 9.61. The van der Waals surface area contributed by atoms with Crippen LogP contribution in [0, 0.1) is 16.7 Å². The Kier molecular flexibility index (Phi) is 5.58. The number of aromatic nitrogens is 1. The third kappa shape index (κ3) is 3.60. The highest BCUT2D eigenvalue weighted by molar-refractivity contribution is 5.95. The van der Waals surface area contributed by atoms with Gasteiger partial charge in [-0.1, -0.05) is 0 Å². The summed E-state index contributed by atoms with van der Waals surface area (Å²) in [7, 11) is 0. The second kappa shape index (κ2) is 8.03. The van der Waals surface area contributed by atoms with Gasteiger partial charge in [-0.25, -0.2) is 0 Å². The second-order valence-electron chi connectivity index (χ2n) is 8.70. The quantitative estimate of drug-likeness (QED) is 0.778. The molecule has 30 heavy (non-hydrogen) atoms. The number of hydrogen-bond acceptors (Lipinski definition) is 6. The zero-order valence-corrected chi connectivity index (χ0v) is 17.7. The van der Waals surface area contributed by atoms with Gasteiger partial charge in [0.25, 0.3) is 5.91 Å². The van der Waals surface area contributed by atoms with Gasteiger partial charge in [0.05, 0.1) is 23.7 Å². The number of nitrogens with one attached hydrogen (secondary N) is 2. The predicted molar refractivity (Wildman–Crippen MR) is 117 cm³/mol. The van der Waals surface area contributed by atoms with Crippen LogP contribution in [0.3, 0.4) is 0 Å². The first kappa shape index (κ1) is 20.9. The molecule has 3 aliphatic rings. The maximum absolute atomic E-state index is 12.9. The van der Waals surface area contributed by atoms with Gasteiger partial charge in [0.2, 0.25) is 0 Å². The van der Waals surface area contributed by atoms with E-state index in [0.717, 1.165) is 37.0 Å². The molecule has 0 radical (unpaired) electrons. The highest BCUT2D eigenvalue weighted by Gasteiger charge is 2.49. The van der Waals surface area contributed by atoms with Crippen LogP contribution in [-0.4, -0.2) is 55.3 Å². The molecule has 1 spiro atoms. The van der Waals surface area contributed by atoms with Gasteiger partial charge < -0.3 is 20.3 Å². The number of anilines is 1. The number of carbonyl (C=O) groups excluding carboxylic acids is 1. The topological polar surface area (TPSA) is 90.3 Å². The highest BCUT2D eigenvalue weighted by atomic mass is 35.5. The van der Waals surface area contributed by atoms with Crippen molar-refractivity contribution < 1.29 is 9.53 Å². The van der Waals surface area contributed by atoms with Crippen LogP contribution in [0.25, 0.3) is 10.9 Å². The van der Waals surface area contributed by atoms with E-state index >= 15 is 0 Å². The third-order valence-electron chi connectivity index (χ3n) is 6.47. The molecule has 1 aliphatic carbocycles. The lowest BCUT2D eigenvalue weighted by molar-refractivity contribution is -0.140. The van der Waals surface area contributed by atoms with E-state index in [1.807, 2.05) is 25.1 Å². The van der Waals surface area contributed by atoms with E-state index in [-0.39, 0.29) is 30.5 Å². The number of hydrogen-bond donors (Lipinski definition) is 2. The van der Waals surface area contributed by atoms with Crippen molar-refractivity contribution in [1.29, 1.82) is 5.26 Å². The van der Waals surface area contributed by atoms with E-state index in [1.165, 1.54) is 0 Å². The van der Waals surface area contributed by atoms with Gasteiger partial charge in [-0.2, -0.15) is 5.26 Å². The summed E-state index contributed by atoms with van der Waals surface area (Å²) in [5.41, 5.74) is 2.67. The Bertz CT molecular complexity index is 995. The minimum absolute atomic E-state index is 0. The van der Waals surface area contributed by atoms with Crippen LogP contribution in [0.15, 0.2) is 30.5 Å². The monoisotopic (exact) mass is 427 g/mol. The van der Waals surface area contributed by atoms with Gasteiger partial charge in [-0.3, -0.25) is 9.78 Å². The smallest absolute Gasteiger partial charge is 0.251 e. The molecular formula is C22H26ClN5O2. The normalized spacial score (nSPS) is 25.0. The van der Waals surface area contributed by atoms with Gasteiger partial charge in [-0.15, -0.1) is 12.4 Å². The fourth-order valence-corrected chi connectivity index (χ4v) is 4.97. The Morgan fingerprint density at radius 3 is 2.83 bits per heavy atom. The van der Waals surface area contributed by atoms with Crippen molar-refractivity contribution in [2.45, 2.75) is 38.0 Å². The van der Waals surface area contributed by atoms with Crippen LogP contribution in [0.2, 0.25) is 0 Å². The Hall–Kier alpha value is -2.40. The first-order chi connectivity index (χ1) is 14.1. The van der Waals surface area contributed by atoms with Crippen molar-refractivity contribution in [3.63, 3.8) is 0 Å². The lowest BCUT2D eigenvalue weighted by Crippen LogP contribution is -2.66. The fourth-order valence-electron chi connectivity index (χ4n) is 4.97. The average Bonchev–Trinajstić information content (AvgIpc) is 2.67. The van der Waals surface area contributed by atoms with Crippen molar-refractivity contribution in [1.82, 2.24) is 15.6 Å². The zero-order chi connectivity index (χ0) is 20.0. The number of ether oxygens (including phenoxy) is 1. The van der Waals surface area contributed by atoms with Crippen molar-refractivity contribution in [3.8, 4) is 6.07 Å². The molecule has 7 nitrogen and oxygen atoms in total. The minimum Gasteiger partial charge on any atom is -0.365 e. The number of fused-ring (bicyclic) bond motifs is 1. The van der Waals surface area contributed by atoms with Crippen molar-refractivity contribution in [2.75, 3.05) is 31.1 Å². The number of nitrogens with zero attached hydrogens (tertiary/aromatic N) is 3. The van der Waals surface area contributed by atoms with E-state index in [0.29, 0.717) is 29.6 Å². The molecule has 5 rings (SSSR count). The number of rotatable bonds is 3. The van der Waals surface area contributed by atoms with Crippen LogP contribution in [0.1, 0.15) is 25.3 Å². The highest BCUT2D eigenvalue weighted by Crippen LogP contribution is 2.44. The Morgan fingerprint density at radius 1 is 1.33 bits per heavy atom. The fraction of sp³-hybridized carbons (Fsp3) is 0.500. The van der Waals surface area contributed by atoms with Crippen LogP contribution in [0.5, 0.6) is 0 Å². The molecule has 2 N–H and O–H groups in total. The van der Waals surface area contributed by atoms with Crippen molar-refractivity contribution in [3.05, 3.63) is 36.0 Å². The predicted octanol–water partition coefficient (Wildman–Crippen LogP) is 1.99. The number of pyridine rings is 1. The Labute approximate surface area is 182 Å². The largest absolute Gasteiger partial charge is 0.365 e. The van der Waals surface area contributed by atoms with Crippen LogP contribution < -0.4 is 15.5 Å². The number of morpholine rings is 1. The number of carbonyl (C=O) groups is 1. The molecule has 8 heteroatoms. The number of nitriles is 1. The summed E-state index contributed by atoms with van der Waals surface area (Å²) in [4.78, 5) is 19.5. The first-order valence-corrected chi connectivity index (χ1v) is 10.3. The Morgan fingerprint density at radius 2 is 2.13 bits per heavy atom. The van der Waals surface area contributed by atoms with E-state index in [4.69, 9.17) is 4.74 Å². The molecule has 2 aliphatic heterocycles. The summed E-state index contributed by atoms with van der Waals surface area (Å²) >= 11 is 0. The average molecular weight is 428 g/mol. The maximum Gasteiger partial charge on any atom is 0.251 e. The summed E-state index contributed by atoms with van der Waals surface area (Å²) < 4.78 is 5.98. The molecule has 0 bridgehead atoms. The molecule has 1 amide bonds. The van der Waals surface area contributed by atoms with E-state index in [2.05, 4.69) is 26.6 Å². The second-order valence-corrected chi connectivity index (χ2v) is 8.70. The molecule has 1 saturated carbocycles. The summed E-state index contributed by atoms with van der Waals surface area (Å²) in [6.45, 7) is 5.33. The van der Waals surface area contributed by atoms with Crippen LogP contribution in [-0.2, 0) is 9.53 Å². The molecule has 3 fully saturated rings. The van der Waals surface area contributed by atoms with Crippen molar-refractivity contribution >= 4 is 34.9 Å². The molecule has 1 aromatic heterocycles. The third-order valence-corrected chi connectivity index (χ3v) is 6.47. The van der Waals surface area contributed by atoms with Gasteiger partial charge in [0.15, 0.2) is 6.10 Å². The van der Waals surface area contributed by atoms with E-state index in [1.54, 1.807) is 12.3 Å². The molecule has 158 valence electrons. The summed E-state index contributed by atoms with van der Waals surface area (Å²) in [5.74, 6) is -0.0234. The Balaban J connectivity index is 0.00000218. The number of halogens is 1. The van der Waals surface area contributed by atoms with Gasteiger partial charge >= 0.3 is 0 Å². The molecule has 3 heterocycles.